The molecular formula is C13H18N2O4S. The molecule has 0 atom stereocenters. The predicted molar refractivity (Wildman–Crippen MR) is 72.4 cm³/mol. The molecule has 110 valence electrons. The van der Waals surface area contributed by atoms with E-state index in [0.717, 1.165) is 22.7 Å². The first-order valence-corrected chi connectivity index (χ1v) is 7.83. The van der Waals surface area contributed by atoms with Crippen LogP contribution in [0.4, 0.5) is 0 Å². The molecule has 1 aliphatic carbocycles. The Labute approximate surface area is 118 Å². The number of allylic oxidation sites excluding steroid dienone is 1. The van der Waals surface area contributed by atoms with Crippen LogP contribution in [0, 0.1) is 19.8 Å². The second kappa shape index (κ2) is 5.05. The van der Waals surface area contributed by atoms with Gasteiger partial charge in [0, 0.05) is 13.1 Å². The summed E-state index contributed by atoms with van der Waals surface area (Å²) in [4.78, 5) is 12.0. The highest BCUT2D eigenvalue weighted by Crippen LogP contribution is 2.36. The standard InChI is InChI=1S/C13H18N2O4S/c1-8(11-5-6-11)7-12(16)15(4)20(17,18)13-9(2)14-19-10(13)3/h7,11H,5-6H2,1-4H3/b8-7+. The third kappa shape index (κ3) is 2.63. The Morgan fingerprint density at radius 3 is 2.45 bits per heavy atom. The van der Waals surface area contributed by atoms with E-state index in [2.05, 4.69) is 5.16 Å². The van der Waals surface area contributed by atoms with Gasteiger partial charge in [-0.15, -0.1) is 0 Å². The maximum atomic E-state index is 12.4. The lowest BCUT2D eigenvalue weighted by atomic mass is 10.2. The van der Waals surface area contributed by atoms with Crippen LogP contribution in [0.1, 0.15) is 31.2 Å². The van der Waals surface area contributed by atoms with Gasteiger partial charge in [-0.3, -0.25) is 4.79 Å². The fraction of sp³-hybridized carbons (Fsp3) is 0.538. The number of hydrogen-bond acceptors (Lipinski definition) is 5. The molecule has 0 N–H and O–H groups in total. The zero-order chi connectivity index (χ0) is 15.1. The molecular weight excluding hydrogens is 280 g/mol. The van der Waals surface area contributed by atoms with Gasteiger partial charge >= 0.3 is 0 Å². The first-order chi connectivity index (χ1) is 9.25. The molecule has 0 spiro atoms. The van der Waals surface area contributed by atoms with E-state index in [1.54, 1.807) is 0 Å². The van der Waals surface area contributed by atoms with Gasteiger partial charge in [-0.2, -0.15) is 0 Å². The van der Waals surface area contributed by atoms with Gasteiger partial charge in [-0.1, -0.05) is 10.7 Å². The first-order valence-electron chi connectivity index (χ1n) is 6.39. The lowest BCUT2D eigenvalue weighted by Gasteiger charge is -2.15. The normalized spacial score (nSPS) is 16.3. The van der Waals surface area contributed by atoms with E-state index in [9.17, 15) is 13.2 Å². The van der Waals surface area contributed by atoms with Crippen LogP contribution in [0.3, 0.4) is 0 Å². The van der Waals surface area contributed by atoms with Crippen LogP contribution in [0.2, 0.25) is 0 Å². The smallest absolute Gasteiger partial charge is 0.271 e. The minimum atomic E-state index is -3.92. The van der Waals surface area contributed by atoms with Gasteiger partial charge in [-0.05, 0) is 39.5 Å². The summed E-state index contributed by atoms with van der Waals surface area (Å²) >= 11 is 0. The number of likely N-dealkylation sites (N-methyl/N-ethyl adjacent to an activating group) is 1. The van der Waals surface area contributed by atoms with Crippen molar-refractivity contribution in [3.63, 3.8) is 0 Å². The number of rotatable bonds is 4. The summed E-state index contributed by atoms with van der Waals surface area (Å²) in [5.74, 6) is 0.0635. The Hall–Kier alpha value is -1.63. The third-order valence-electron chi connectivity index (χ3n) is 3.47. The summed E-state index contributed by atoms with van der Waals surface area (Å²) in [5.41, 5.74) is 1.18. The minimum Gasteiger partial charge on any atom is -0.360 e. The average Bonchev–Trinajstić information content (AvgIpc) is 3.14. The van der Waals surface area contributed by atoms with E-state index in [0.29, 0.717) is 5.92 Å². The molecule has 1 fully saturated rings. The van der Waals surface area contributed by atoms with E-state index < -0.39 is 15.9 Å². The van der Waals surface area contributed by atoms with Crippen molar-refractivity contribution in [2.75, 3.05) is 7.05 Å². The lowest BCUT2D eigenvalue weighted by molar-refractivity contribution is -0.120. The predicted octanol–water partition coefficient (Wildman–Crippen LogP) is 1.79. The van der Waals surface area contributed by atoms with Gasteiger partial charge in [-0.25, -0.2) is 12.7 Å². The maximum absolute atomic E-state index is 12.4. The van der Waals surface area contributed by atoms with Crippen molar-refractivity contribution in [3.05, 3.63) is 23.1 Å². The van der Waals surface area contributed by atoms with Crippen LogP contribution < -0.4 is 0 Å². The highest BCUT2D eigenvalue weighted by molar-refractivity contribution is 7.89. The molecule has 0 saturated heterocycles. The van der Waals surface area contributed by atoms with Crippen molar-refractivity contribution in [2.45, 2.75) is 38.5 Å². The second-order valence-electron chi connectivity index (χ2n) is 5.13. The van der Waals surface area contributed by atoms with Crippen LogP contribution >= 0.6 is 0 Å². The molecule has 20 heavy (non-hydrogen) atoms. The van der Waals surface area contributed by atoms with Crippen molar-refractivity contribution < 1.29 is 17.7 Å². The van der Waals surface area contributed by atoms with E-state index in [1.165, 1.54) is 27.0 Å². The third-order valence-corrected chi connectivity index (χ3v) is 5.47. The molecule has 0 radical (unpaired) electrons. The molecule has 1 aromatic rings. The quantitative estimate of drug-likeness (QED) is 0.792. The molecule has 0 unspecified atom stereocenters. The van der Waals surface area contributed by atoms with E-state index in [-0.39, 0.29) is 16.3 Å². The largest absolute Gasteiger partial charge is 0.360 e. The maximum Gasteiger partial charge on any atom is 0.271 e. The summed E-state index contributed by atoms with van der Waals surface area (Å²) in [7, 11) is -2.67. The van der Waals surface area contributed by atoms with Gasteiger partial charge in [0.1, 0.15) is 5.69 Å². The van der Waals surface area contributed by atoms with Crippen molar-refractivity contribution in [1.82, 2.24) is 9.46 Å². The molecule has 0 aromatic carbocycles. The van der Waals surface area contributed by atoms with Crippen molar-refractivity contribution in [1.29, 1.82) is 0 Å². The van der Waals surface area contributed by atoms with Gasteiger partial charge in [0.2, 0.25) is 0 Å². The average molecular weight is 298 g/mol. The summed E-state index contributed by atoms with van der Waals surface area (Å²) in [6.45, 7) is 4.90. The van der Waals surface area contributed by atoms with E-state index in [4.69, 9.17) is 4.52 Å². The number of amides is 1. The molecule has 7 heteroatoms. The van der Waals surface area contributed by atoms with Crippen molar-refractivity contribution >= 4 is 15.9 Å². The van der Waals surface area contributed by atoms with Gasteiger partial charge in [0.05, 0.1) is 0 Å². The second-order valence-corrected chi connectivity index (χ2v) is 7.03. The molecule has 6 nitrogen and oxygen atoms in total. The SMILES string of the molecule is C/C(=C\C(=O)N(C)S(=O)(=O)c1c(C)noc1C)C1CC1. The van der Waals surface area contributed by atoms with Gasteiger partial charge < -0.3 is 4.52 Å². The van der Waals surface area contributed by atoms with Crippen molar-refractivity contribution in [2.24, 2.45) is 5.92 Å². The van der Waals surface area contributed by atoms with Crippen LogP contribution in [0.15, 0.2) is 21.1 Å². The Morgan fingerprint density at radius 1 is 1.40 bits per heavy atom. The van der Waals surface area contributed by atoms with Crippen molar-refractivity contribution in [3.8, 4) is 0 Å². The zero-order valence-electron chi connectivity index (χ0n) is 12.0. The number of sulfonamides is 1. The molecule has 1 aromatic heterocycles. The highest BCUT2D eigenvalue weighted by Gasteiger charge is 2.32. The Balaban J connectivity index is 2.30. The van der Waals surface area contributed by atoms with Gasteiger partial charge in [0.15, 0.2) is 10.7 Å². The molecule has 1 heterocycles. The number of carbonyl (C=O) groups is 1. The molecule has 1 aliphatic rings. The Kier molecular flexibility index (Phi) is 3.73. The van der Waals surface area contributed by atoms with Crippen LogP contribution in [0.25, 0.3) is 0 Å². The summed E-state index contributed by atoms with van der Waals surface area (Å²) in [6.07, 6.45) is 3.53. The Morgan fingerprint density at radius 2 is 2.00 bits per heavy atom. The monoisotopic (exact) mass is 298 g/mol. The van der Waals surface area contributed by atoms with Gasteiger partial charge in [0.25, 0.3) is 15.9 Å². The summed E-state index contributed by atoms with van der Waals surface area (Å²) in [5, 5.41) is 3.62. The minimum absolute atomic E-state index is 0.0363. The molecule has 2 rings (SSSR count). The summed E-state index contributed by atoms with van der Waals surface area (Å²) in [6, 6.07) is 0. The molecule has 0 bridgehead atoms. The van der Waals surface area contributed by atoms with E-state index >= 15 is 0 Å². The number of carbonyl (C=O) groups excluding carboxylic acids is 1. The van der Waals surface area contributed by atoms with Crippen LogP contribution in [-0.4, -0.2) is 30.8 Å². The number of aromatic nitrogens is 1. The molecule has 1 saturated carbocycles. The highest BCUT2D eigenvalue weighted by atomic mass is 32.2. The zero-order valence-corrected chi connectivity index (χ0v) is 12.8. The number of hydrogen-bond donors (Lipinski definition) is 0. The molecule has 0 aliphatic heterocycles. The Bertz CT molecular complexity index is 649. The summed E-state index contributed by atoms with van der Waals surface area (Å²) < 4.78 is 30.4. The van der Waals surface area contributed by atoms with E-state index in [1.807, 2.05) is 6.92 Å². The number of aryl methyl sites for hydroxylation is 2. The number of nitrogens with zero attached hydrogens (tertiary/aromatic N) is 2. The molecule has 1 amide bonds. The lowest BCUT2D eigenvalue weighted by Crippen LogP contribution is -2.32. The fourth-order valence-electron chi connectivity index (χ4n) is 2.04. The fourth-order valence-corrected chi connectivity index (χ4v) is 3.42. The topological polar surface area (TPSA) is 80.5 Å². The van der Waals surface area contributed by atoms with Crippen LogP contribution in [-0.2, 0) is 14.8 Å². The first kappa shape index (κ1) is 14.8. The van der Waals surface area contributed by atoms with Crippen LogP contribution in [0.5, 0.6) is 0 Å².